The van der Waals surface area contributed by atoms with Gasteiger partial charge < -0.3 is 5.32 Å². The predicted molar refractivity (Wildman–Crippen MR) is 66.3 cm³/mol. The summed E-state index contributed by atoms with van der Waals surface area (Å²) < 4.78 is 0. The van der Waals surface area contributed by atoms with Crippen LogP contribution in [-0.4, -0.2) is 18.9 Å². The van der Waals surface area contributed by atoms with Gasteiger partial charge in [0.05, 0.1) is 0 Å². The smallest absolute Gasteiger partial charge is 0.143 e. The van der Waals surface area contributed by atoms with E-state index in [1.807, 2.05) is 0 Å². The number of hydrogen-bond acceptors (Lipinski definition) is 2. The minimum absolute atomic E-state index is 0.0660. The molecule has 92 valence electrons. The van der Waals surface area contributed by atoms with Crippen LogP contribution in [-0.2, 0) is 4.79 Å². The van der Waals surface area contributed by atoms with Crippen molar-refractivity contribution in [2.75, 3.05) is 13.1 Å². The zero-order valence-electron chi connectivity index (χ0n) is 10.7. The van der Waals surface area contributed by atoms with Crippen LogP contribution in [0.2, 0.25) is 0 Å². The Morgan fingerprint density at radius 3 is 2.50 bits per heavy atom. The molecule has 1 saturated heterocycles. The van der Waals surface area contributed by atoms with Gasteiger partial charge in [0.25, 0.3) is 0 Å². The molecular formula is C14H25NO. The Bertz CT molecular complexity index is 247. The molecule has 1 saturated carbocycles. The van der Waals surface area contributed by atoms with Crippen LogP contribution in [0.3, 0.4) is 0 Å². The van der Waals surface area contributed by atoms with Gasteiger partial charge in [-0.2, -0.15) is 0 Å². The van der Waals surface area contributed by atoms with E-state index in [4.69, 9.17) is 0 Å². The number of rotatable bonds is 2. The zero-order valence-corrected chi connectivity index (χ0v) is 10.7. The molecule has 2 fully saturated rings. The first-order chi connectivity index (χ1) is 7.62. The molecule has 2 heteroatoms. The maximum absolute atomic E-state index is 12.5. The number of ketones is 1. The SMILES string of the molecule is CC1CCC(C(=O)C2(C)CCCNC2)CC1. The summed E-state index contributed by atoms with van der Waals surface area (Å²) >= 11 is 0. The Labute approximate surface area is 99.2 Å². The highest BCUT2D eigenvalue weighted by Crippen LogP contribution is 2.36. The minimum atomic E-state index is -0.0660. The van der Waals surface area contributed by atoms with Crippen molar-refractivity contribution in [3.05, 3.63) is 0 Å². The number of hydrogen-bond donors (Lipinski definition) is 1. The fraction of sp³-hybridized carbons (Fsp3) is 0.929. The van der Waals surface area contributed by atoms with Crippen LogP contribution in [0.5, 0.6) is 0 Å². The average molecular weight is 223 g/mol. The Balaban J connectivity index is 1.95. The van der Waals surface area contributed by atoms with Gasteiger partial charge in [-0.25, -0.2) is 0 Å². The van der Waals surface area contributed by atoms with E-state index in [9.17, 15) is 4.79 Å². The Kier molecular flexibility index (Phi) is 3.68. The van der Waals surface area contributed by atoms with Gasteiger partial charge in [0.2, 0.25) is 0 Å². The maximum atomic E-state index is 12.5. The van der Waals surface area contributed by atoms with E-state index in [0.717, 1.165) is 44.7 Å². The Hall–Kier alpha value is -0.370. The van der Waals surface area contributed by atoms with Crippen LogP contribution in [0.1, 0.15) is 52.4 Å². The van der Waals surface area contributed by atoms with Crippen molar-refractivity contribution in [1.82, 2.24) is 5.32 Å². The van der Waals surface area contributed by atoms with Crippen molar-refractivity contribution < 1.29 is 4.79 Å². The normalized spacial score (nSPS) is 40.6. The van der Waals surface area contributed by atoms with Gasteiger partial charge in [0.1, 0.15) is 5.78 Å². The molecule has 1 aliphatic heterocycles. The van der Waals surface area contributed by atoms with Crippen molar-refractivity contribution in [2.45, 2.75) is 52.4 Å². The molecule has 0 aromatic rings. The molecule has 2 rings (SSSR count). The van der Waals surface area contributed by atoms with Gasteiger partial charge in [-0.1, -0.05) is 26.7 Å². The van der Waals surface area contributed by atoms with E-state index in [2.05, 4.69) is 19.2 Å². The van der Waals surface area contributed by atoms with E-state index in [1.54, 1.807) is 0 Å². The van der Waals surface area contributed by atoms with Gasteiger partial charge in [0, 0.05) is 17.9 Å². The lowest BCUT2D eigenvalue weighted by molar-refractivity contribution is -0.134. The number of carbonyl (C=O) groups is 1. The molecule has 0 amide bonds. The van der Waals surface area contributed by atoms with E-state index in [-0.39, 0.29) is 5.41 Å². The van der Waals surface area contributed by atoms with Crippen LogP contribution in [0, 0.1) is 17.3 Å². The number of carbonyl (C=O) groups excluding carboxylic acids is 1. The van der Waals surface area contributed by atoms with Crippen LogP contribution >= 0.6 is 0 Å². The summed E-state index contributed by atoms with van der Waals surface area (Å²) in [7, 11) is 0. The largest absolute Gasteiger partial charge is 0.316 e. The van der Waals surface area contributed by atoms with Crippen LogP contribution in [0.15, 0.2) is 0 Å². The molecule has 1 heterocycles. The Morgan fingerprint density at radius 1 is 1.25 bits per heavy atom. The number of Topliss-reactive ketones (excluding diaryl/α,β-unsaturated/α-hetero) is 1. The van der Waals surface area contributed by atoms with Crippen molar-refractivity contribution in [3.8, 4) is 0 Å². The van der Waals surface area contributed by atoms with E-state index >= 15 is 0 Å². The third-order valence-electron chi connectivity index (χ3n) is 4.58. The van der Waals surface area contributed by atoms with E-state index in [0.29, 0.717) is 11.7 Å². The molecule has 1 aliphatic carbocycles. The molecule has 2 aliphatic rings. The van der Waals surface area contributed by atoms with Crippen molar-refractivity contribution in [1.29, 1.82) is 0 Å². The van der Waals surface area contributed by atoms with Gasteiger partial charge in [-0.15, -0.1) is 0 Å². The molecule has 1 unspecified atom stereocenters. The summed E-state index contributed by atoms with van der Waals surface area (Å²) in [5.41, 5.74) is -0.0660. The maximum Gasteiger partial charge on any atom is 0.143 e. The monoisotopic (exact) mass is 223 g/mol. The van der Waals surface area contributed by atoms with Crippen LogP contribution in [0.4, 0.5) is 0 Å². The second-order valence-corrected chi connectivity index (χ2v) is 6.16. The Morgan fingerprint density at radius 2 is 1.94 bits per heavy atom. The van der Waals surface area contributed by atoms with E-state index in [1.165, 1.54) is 12.8 Å². The second kappa shape index (κ2) is 4.87. The molecule has 2 nitrogen and oxygen atoms in total. The molecule has 1 N–H and O–H groups in total. The van der Waals surface area contributed by atoms with Crippen LogP contribution < -0.4 is 5.32 Å². The number of nitrogens with one attached hydrogen (secondary N) is 1. The topological polar surface area (TPSA) is 29.1 Å². The highest BCUT2D eigenvalue weighted by molar-refractivity contribution is 5.87. The second-order valence-electron chi connectivity index (χ2n) is 6.16. The van der Waals surface area contributed by atoms with Gasteiger partial charge in [-0.3, -0.25) is 4.79 Å². The third kappa shape index (κ3) is 2.48. The fourth-order valence-corrected chi connectivity index (χ4v) is 3.28. The fourth-order valence-electron chi connectivity index (χ4n) is 3.28. The molecule has 0 aromatic carbocycles. The molecular weight excluding hydrogens is 198 g/mol. The summed E-state index contributed by atoms with van der Waals surface area (Å²) in [5, 5.41) is 3.38. The summed E-state index contributed by atoms with van der Waals surface area (Å²) in [6, 6.07) is 0. The van der Waals surface area contributed by atoms with Crippen molar-refractivity contribution >= 4 is 5.78 Å². The van der Waals surface area contributed by atoms with Gasteiger partial charge in [-0.05, 0) is 38.1 Å². The van der Waals surface area contributed by atoms with Crippen molar-refractivity contribution in [3.63, 3.8) is 0 Å². The molecule has 1 atom stereocenters. The first-order valence-corrected chi connectivity index (χ1v) is 6.87. The molecule has 0 spiro atoms. The summed E-state index contributed by atoms with van der Waals surface area (Å²) in [5.74, 6) is 1.74. The summed E-state index contributed by atoms with van der Waals surface area (Å²) in [6.45, 7) is 6.46. The molecule has 16 heavy (non-hydrogen) atoms. The summed E-state index contributed by atoms with van der Waals surface area (Å²) in [6.07, 6.45) is 7.02. The highest BCUT2D eigenvalue weighted by Gasteiger charge is 2.39. The van der Waals surface area contributed by atoms with Crippen LogP contribution in [0.25, 0.3) is 0 Å². The molecule has 0 aromatic heterocycles. The van der Waals surface area contributed by atoms with Gasteiger partial charge >= 0.3 is 0 Å². The van der Waals surface area contributed by atoms with Crippen molar-refractivity contribution in [2.24, 2.45) is 17.3 Å². The average Bonchev–Trinajstić information content (AvgIpc) is 2.30. The zero-order chi connectivity index (χ0) is 11.6. The first kappa shape index (κ1) is 12.1. The first-order valence-electron chi connectivity index (χ1n) is 6.87. The summed E-state index contributed by atoms with van der Waals surface area (Å²) in [4.78, 5) is 12.5. The lowest BCUT2D eigenvalue weighted by Gasteiger charge is -2.37. The predicted octanol–water partition coefficient (Wildman–Crippen LogP) is 2.77. The quantitative estimate of drug-likeness (QED) is 0.780. The molecule has 0 bridgehead atoms. The molecule has 0 radical (unpaired) electrons. The number of piperidine rings is 1. The lowest BCUT2D eigenvalue weighted by Crippen LogP contribution is -2.46. The highest BCUT2D eigenvalue weighted by atomic mass is 16.1. The standard InChI is InChI=1S/C14H25NO/c1-11-4-6-12(7-5-11)13(16)14(2)8-3-9-15-10-14/h11-12,15H,3-10H2,1-2H3. The van der Waals surface area contributed by atoms with E-state index < -0.39 is 0 Å². The van der Waals surface area contributed by atoms with Gasteiger partial charge in [0.15, 0.2) is 0 Å². The minimum Gasteiger partial charge on any atom is -0.316 e. The lowest BCUT2D eigenvalue weighted by atomic mass is 9.69. The third-order valence-corrected chi connectivity index (χ3v) is 4.58.